The molecule has 2 rings (SSSR count). The summed E-state index contributed by atoms with van der Waals surface area (Å²) in [6.45, 7) is 2.44. The van der Waals surface area contributed by atoms with Gasteiger partial charge in [-0.3, -0.25) is 14.2 Å². The normalized spacial score (nSPS) is 19.0. The highest BCUT2D eigenvalue weighted by Gasteiger charge is 2.28. The standard InChI is InChI=1S/C11H15N3O2/c1-7-6-9(15)14-5-3-4-8(10(14)13-7)11(16)12-2/h6,8H,3-5H2,1-2H3,(H,12,16). The number of hydrogen-bond acceptors (Lipinski definition) is 3. The van der Waals surface area contributed by atoms with Crippen molar-refractivity contribution in [2.45, 2.75) is 32.2 Å². The van der Waals surface area contributed by atoms with Crippen LogP contribution in [-0.4, -0.2) is 22.5 Å². The number of aryl methyl sites for hydroxylation is 1. The first-order chi connectivity index (χ1) is 7.63. The van der Waals surface area contributed by atoms with Crippen LogP contribution >= 0.6 is 0 Å². The first-order valence-corrected chi connectivity index (χ1v) is 5.43. The summed E-state index contributed by atoms with van der Waals surface area (Å²) in [7, 11) is 1.61. The highest BCUT2D eigenvalue weighted by atomic mass is 16.2. The number of carbonyl (C=O) groups is 1. The summed E-state index contributed by atoms with van der Waals surface area (Å²) < 4.78 is 1.61. The quantitative estimate of drug-likeness (QED) is 0.735. The van der Waals surface area contributed by atoms with Gasteiger partial charge in [0.1, 0.15) is 5.82 Å². The molecule has 0 spiro atoms. The minimum absolute atomic E-state index is 0.0592. The predicted molar refractivity (Wildman–Crippen MR) is 59.3 cm³/mol. The molecule has 0 aromatic carbocycles. The maximum absolute atomic E-state index is 11.7. The van der Waals surface area contributed by atoms with Gasteiger partial charge in [-0.05, 0) is 19.8 Å². The number of likely N-dealkylation sites (N-methyl/N-ethyl adjacent to an activating group) is 1. The van der Waals surface area contributed by atoms with Crippen LogP contribution < -0.4 is 10.9 Å². The van der Waals surface area contributed by atoms with Crippen molar-refractivity contribution < 1.29 is 4.79 Å². The summed E-state index contributed by atoms with van der Waals surface area (Å²) in [4.78, 5) is 27.7. The average Bonchev–Trinajstić information content (AvgIpc) is 2.27. The lowest BCUT2D eigenvalue weighted by Gasteiger charge is -2.24. The van der Waals surface area contributed by atoms with Crippen molar-refractivity contribution in [1.82, 2.24) is 14.9 Å². The number of carbonyl (C=O) groups excluding carboxylic acids is 1. The van der Waals surface area contributed by atoms with E-state index in [1.807, 2.05) is 0 Å². The molecule has 5 nitrogen and oxygen atoms in total. The Morgan fingerprint density at radius 3 is 3.06 bits per heavy atom. The van der Waals surface area contributed by atoms with Crippen LogP contribution in [0.15, 0.2) is 10.9 Å². The number of aromatic nitrogens is 2. The van der Waals surface area contributed by atoms with Crippen molar-refractivity contribution >= 4 is 5.91 Å². The molecule has 1 aliphatic rings. The zero-order chi connectivity index (χ0) is 11.7. The first-order valence-electron chi connectivity index (χ1n) is 5.43. The van der Waals surface area contributed by atoms with Crippen LogP contribution in [0.5, 0.6) is 0 Å². The Bertz CT molecular complexity index is 479. The number of nitrogens with zero attached hydrogens (tertiary/aromatic N) is 2. The second kappa shape index (κ2) is 4.08. The van der Waals surface area contributed by atoms with E-state index in [1.165, 1.54) is 6.07 Å². The molecule has 1 N–H and O–H groups in total. The Kier molecular flexibility index (Phi) is 2.77. The molecular formula is C11H15N3O2. The van der Waals surface area contributed by atoms with Crippen LogP contribution in [0.2, 0.25) is 0 Å². The zero-order valence-corrected chi connectivity index (χ0v) is 9.49. The van der Waals surface area contributed by atoms with Gasteiger partial charge in [-0.25, -0.2) is 4.98 Å². The van der Waals surface area contributed by atoms with Crippen LogP contribution in [0.1, 0.15) is 30.3 Å². The maximum Gasteiger partial charge on any atom is 0.253 e. The predicted octanol–water partition coefficient (Wildman–Crippen LogP) is 0.175. The number of fused-ring (bicyclic) bond motifs is 1. The molecule has 0 saturated heterocycles. The summed E-state index contributed by atoms with van der Waals surface area (Å²) in [5, 5.41) is 2.62. The van der Waals surface area contributed by atoms with Crippen LogP contribution in [0.3, 0.4) is 0 Å². The van der Waals surface area contributed by atoms with Crippen molar-refractivity contribution in [2.75, 3.05) is 7.05 Å². The average molecular weight is 221 g/mol. The first kappa shape index (κ1) is 10.9. The third-order valence-corrected chi connectivity index (χ3v) is 2.91. The van der Waals surface area contributed by atoms with Gasteiger partial charge in [-0.1, -0.05) is 0 Å². The fourth-order valence-corrected chi connectivity index (χ4v) is 2.14. The Balaban J connectivity index is 2.53. The van der Waals surface area contributed by atoms with Crippen LogP contribution in [0, 0.1) is 6.92 Å². The zero-order valence-electron chi connectivity index (χ0n) is 9.49. The number of nitrogens with one attached hydrogen (secondary N) is 1. The highest BCUT2D eigenvalue weighted by molar-refractivity contribution is 5.82. The molecule has 16 heavy (non-hydrogen) atoms. The summed E-state index contributed by atoms with van der Waals surface area (Å²) in [6.07, 6.45) is 1.60. The fraction of sp³-hybridized carbons (Fsp3) is 0.545. The molecule has 0 fully saturated rings. The molecule has 1 atom stereocenters. The number of amides is 1. The molecule has 2 heterocycles. The van der Waals surface area contributed by atoms with Gasteiger partial charge in [0.15, 0.2) is 0 Å². The van der Waals surface area contributed by atoms with Crippen molar-refractivity contribution in [3.63, 3.8) is 0 Å². The Morgan fingerprint density at radius 1 is 1.62 bits per heavy atom. The molecule has 1 unspecified atom stereocenters. The third kappa shape index (κ3) is 1.73. The second-order valence-electron chi connectivity index (χ2n) is 4.05. The Hall–Kier alpha value is -1.65. The van der Waals surface area contributed by atoms with E-state index < -0.39 is 0 Å². The molecule has 1 aromatic heterocycles. The molecule has 86 valence electrons. The monoisotopic (exact) mass is 221 g/mol. The highest BCUT2D eigenvalue weighted by Crippen LogP contribution is 2.24. The van der Waals surface area contributed by atoms with Crippen molar-refractivity contribution in [2.24, 2.45) is 0 Å². The van der Waals surface area contributed by atoms with Crippen molar-refractivity contribution in [3.05, 3.63) is 27.9 Å². The van der Waals surface area contributed by atoms with Gasteiger partial charge in [0, 0.05) is 25.4 Å². The lowest BCUT2D eigenvalue weighted by Crippen LogP contribution is -2.36. The molecule has 0 bridgehead atoms. The minimum Gasteiger partial charge on any atom is -0.359 e. The smallest absolute Gasteiger partial charge is 0.253 e. The molecular weight excluding hydrogens is 206 g/mol. The van der Waals surface area contributed by atoms with Crippen LogP contribution in [-0.2, 0) is 11.3 Å². The fourth-order valence-electron chi connectivity index (χ4n) is 2.14. The van der Waals surface area contributed by atoms with Crippen LogP contribution in [0.4, 0.5) is 0 Å². The third-order valence-electron chi connectivity index (χ3n) is 2.91. The van der Waals surface area contributed by atoms with Gasteiger partial charge >= 0.3 is 0 Å². The van der Waals surface area contributed by atoms with Gasteiger partial charge in [0.05, 0.1) is 5.92 Å². The summed E-state index contributed by atoms with van der Waals surface area (Å²) >= 11 is 0. The van der Waals surface area contributed by atoms with E-state index in [-0.39, 0.29) is 17.4 Å². The summed E-state index contributed by atoms with van der Waals surface area (Å²) in [5.41, 5.74) is 0.614. The molecule has 0 saturated carbocycles. The topological polar surface area (TPSA) is 64.0 Å². The molecule has 1 aromatic rings. The van der Waals surface area contributed by atoms with E-state index in [0.717, 1.165) is 12.8 Å². The van der Waals surface area contributed by atoms with Gasteiger partial charge < -0.3 is 5.32 Å². The SMILES string of the molecule is CNC(=O)C1CCCn2c1nc(C)cc2=O. The molecule has 1 aliphatic heterocycles. The van der Waals surface area contributed by atoms with Gasteiger partial charge in [-0.2, -0.15) is 0 Å². The Morgan fingerprint density at radius 2 is 2.38 bits per heavy atom. The lowest BCUT2D eigenvalue weighted by molar-refractivity contribution is -0.122. The van der Waals surface area contributed by atoms with E-state index in [9.17, 15) is 9.59 Å². The molecule has 0 aliphatic carbocycles. The van der Waals surface area contributed by atoms with E-state index in [1.54, 1.807) is 18.5 Å². The summed E-state index contributed by atoms with van der Waals surface area (Å²) in [5.74, 6) is 0.257. The van der Waals surface area contributed by atoms with Crippen molar-refractivity contribution in [3.8, 4) is 0 Å². The van der Waals surface area contributed by atoms with E-state index in [0.29, 0.717) is 18.1 Å². The number of rotatable bonds is 1. The molecule has 0 radical (unpaired) electrons. The largest absolute Gasteiger partial charge is 0.359 e. The van der Waals surface area contributed by atoms with E-state index >= 15 is 0 Å². The van der Waals surface area contributed by atoms with Crippen molar-refractivity contribution in [1.29, 1.82) is 0 Å². The lowest BCUT2D eigenvalue weighted by atomic mass is 9.97. The number of hydrogen-bond donors (Lipinski definition) is 1. The minimum atomic E-state index is -0.286. The Labute approximate surface area is 93.5 Å². The molecule has 1 amide bonds. The maximum atomic E-state index is 11.7. The van der Waals surface area contributed by atoms with Gasteiger partial charge in [0.2, 0.25) is 5.91 Å². The van der Waals surface area contributed by atoms with Crippen LogP contribution in [0.25, 0.3) is 0 Å². The summed E-state index contributed by atoms with van der Waals surface area (Å²) in [6, 6.07) is 1.51. The second-order valence-corrected chi connectivity index (χ2v) is 4.05. The van der Waals surface area contributed by atoms with Gasteiger partial charge in [-0.15, -0.1) is 0 Å². The van der Waals surface area contributed by atoms with E-state index in [4.69, 9.17) is 0 Å². The van der Waals surface area contributed by atoms with E-state index in [2.05, 4.69) is 10.3 Å². The molecule has 5 heteroatoms. The van der Waals surface area contributed by atoms with Gasteiger partial charge in [0.25, 0.3) is 5.56 Å².